The van der Waals surface area contributed by atoms with Gasteiger partial charge in [0, 0.05) is 30.8 Å². The second-order valence-electron chi connectivity index (χ2n) is 8.76. The molecular weight excluding hydrogens is 462 g/mol. The number of carbonyl (C=O) groups is 1. The van der Waals surface area contributed by atoms with Gasteiger partial charge in [0.25, 0.3) is 0 Å². The number of anilines is 1. The Kier molecular flexibility index (Phi) is 6.59. The predicted octanol–water partition coefficient (Wildman–Crippen LogP) is 4.32. The van der Waals surface area contributed by atoms with Crippen molar-refractivity contribution in [1.29, 1.82) is 0 Å². The summed E-state index contributed by atoms with van der Waals surface area (Å²) in [4.78, 5) is 20.8. The average molecular weight is 492 g/mol. The first-order valence-corrected chi connectivity index (χ1v) is 12.5. The molecule has 0 radical (unpaired) electrons. The number of fused-ring (bicyclic) bond motifs is 1. The Labute approximate surface area is 208 Å². The molecule has 9 heteroatoms. The van der Waals surface area contributed by atoms with E-state index >= 15 is 0 Å². The van der Waals surface area contributed by atoms with Crippen LogP contribution in [-0.4, -0.2) is 47.8 Å². The van der Waals surface area contributed by atoms with E-state index in [0.717, 1.165) is 46.3 Å². The van der Waals surface area contributed by atoms with Gasteiger partial charge in [0.1, 0.15) is 0 Å². The number of nitrogens with zero attached hydrogens (tertiary/aromatic N) is 4. The van der Waals surface area contributed by atoms with E-state index in [1.54, 1.807) is 25.6 Å². The van der Waals surface area contributed by atoms with Gasteiger partial charge >= 0.3 is 0 Å². The van der Waals surface area contributed by atoms with Crippen molar-refractivity contribution < 1.29 is 14.3 Å². The van der Waals surface area contributed by atoms with E-state index in [1.165, 1.54) is 5.56 Å². The van der Waals surface area contributed by atoms with Crippen molar-refractivity contribution in [3.63, 3.8) is 0 Å². The molecule has 1 fully saturated rings. The van der Waals surface area contributed by atoms with Crippen LogP contribution < -0.4 is 19.7 Å². The molecule has 1 aliphatic heterocycles. The Hall–Kier alpha value is -3.59. The number of imidazole rings is 1. The third kappa shape index (κ3) is 4.81. The quantitative estimate of drug-likeness (QED) is 0.415. The topological polar surface area (TPSA) is 81.0 Å². The molecule has 0 spiro atoms. The van der Waals surface area contributed by atoms with E-state index in [2.05, 4.69) is 41.4 Å². The summed E-state index contributed by atoms with van der Waals surface area (Å²) in [6.45, 7) is 3.99. The SMILES string of the molecule is COc1cccc(CNC(=O)[C@@H]2CCCN(c3nn4cc(-c5ccc(C)cc5)nc4s3)C2)c1OC. The number of nitrogens with one attached hydrogen (secondary N) is 1. The van der Waals surface area contributed by atoms with Gasteiger partial charge in [-0.3, -0.25) is 4.79 Å². The van der Waals surface area contributed by atoms with Crippen molar-refractivity contribution in [2.24, 2.45) is 5.92 Å². The lowest BCUT2D eigenvalue weighted by atomic mass is 9.97. The number of carbonyl (C=O) groups excluding carboxylic acids is 1. The Balaban J connectivity index is 1.24. The molecule has 182 valence electrons. The van der Waals surface area contributed by atoms with Crippen LogP contribution >= 0.6 is 11.3 Å². The third-order valence-corrected chi connectivity index (χ3v) is 7.36. The van der Waals surface area contributed by atoms with Crippen LogP contribution in [0.2, 0.25) is 0 Å². The van der Waals surface area contributed by atoms with Gasteiger partial charge in [0.05, 0.1) is 32.0 Å². The summed E-state index contributed by atoms with van der Waals surface area (Å²) in [5.74, 6) is 1.25. The highest BCUT2D eigenvalue weighted by Gasteiger charge is 2.28. The van der Waals surface area contributed by atoms with Crippen molar-refractivity contribution in [2.45, 2.75) is 26.3 Å². The monoisotopic (exact) mass is 491 g/mol. The molecule has 1 saturated heterocycles. The van der Waals surface area contributed by atoms with Crippen molar-refractivity contribution >= 4 is 27.3 Å². The lowest BCUT2D eigenvalue weighted by molar-refractivity contribution is -0.125. The summed E-state index contributed by atoms with van der Waals surface area (Å²) in [6, 6.07) is 14.0. The number of methoxy groups -OCH3 is 2. The molecule has 2 aromatic heterocycles. The number of rotatable bonds is 7. The molecule has 0 bridgehead atoms. The van der Waals surface area contributed by atoms with Gasteiger partial charge < -0.3 is 19.7 Å². The number of aromatic nitrogens is 3. The highest BCUT2D eigenvalue weighted by atomic mass is 32.1. The van der Waals surface area contributed by atoms with Crippen LogP contribution in [-0.2, 0) is 11.3 Å². The number of hydrogen-bond acceptors (Lipinski definition) is 7. The van der Waals surface area contributed by atoms with E-state index in [1.807, 2.05) is 28.9 Å². The highest BCUT2D eigenvalue weighted by molar-refractivity contribution is 7.20. The number of benzene rings is 2. The number of para-hydroxylation sites is 1. The van der Waals surface area contributed by atoms with Crippen molar-refractivity contribution in [3.8, 4) is 22.8 Å². The Morgan fingerprint density at radius 1 is 1.17 bits per heavy atom. The smallest absolute Gasteiger partial charge is 0.225 e. The van der Waals surface area contributed by atoms with E-state index in [0.29, 0.717) is 24.6 Å². The summed E-state index contributed by atoms with van der Waals surface area (Å²) in [6.07, 6.45) is 3.77. The Morgan fingerprint density at radius 3 is 2.74 bits per heavy atom. The molecule has 35 heavy (non-hydrogen) atoms. The molecule has 1 amide bonds. The molecule has 3 heterocycles. The van der Waals surface area contributed by atoms with E-state index in [4.69, 9.17) is 19.6 Å². The molecule has 0 saturated carbocycles. The van der Waals surface area contributed by atoms with Crippen molar-refractivity contribution in [2.75, 3.05) is 32.2 Å². The van der Waals surface area contributed by atoms with Crippen LogP contribution in [0.25, 0.3) is 16.2 Å². The summed E-state index contributed by atoms with van der Waals surface area (Å²) >= 11 is 1.56. The maximum Gasteiger partial charge on any atom is 0.225 e. The number of hydrogen-bond donors (Lipinski definition) is 1. The fraction of sp³-hybridized carbons (Fsp3) is 0.346. The summed E-state index contributed by atoms with van der Waals surface area (Å²) in [5.41, 5.74) is 4.11. The van der Waals surface area contributed by atoms with Gasteiger partial charge in [-0.2, -0.15) is 0 Å². The molecule has 8 nitrogen and oxygen atoms in total. The van der Waals surface area contributed by atoms with Gasteiger partial charge in [-0.15, -0.1) is 5.10 Å². The zero-order valence-electron chi connectivity index (χ0n) is 20.2. The van der Waals surface area contributed by atoms with Crippen LogP contribution in [0, 0.1) is 12.8 Å². The molecule has 4 aromatic rings. The fourth-order valence-electron chi connectivity index (χ4n) is 4.47. The van der Waals surface area contributed by atoms with Crippen LogP contribution in [0.5, 0.6) is 11.5 Å². The minimum absolute atomic E-state index is 0.0440. The standard InChI is InChI=1S/C26H29N5O3S/c1-17-9-11-18(12-10-17)21-16-31-25(28-21)35-26(29-31)30-13-5-7-20(15-30)24(32)27-14-19-6-4-8-22(33-2)23(19)34-3/h4,6,8-12,16,20H,5,7,13-15H2,1-3H3,(H,27,32)/t20-/m1/s1. The fourth-order valence-corrected chi connectivity index (χ4v) is 5.38. The van der Waals surface area contributed by atoms with Crippen LogP contribution in [0.15, 0.2) is 48.7 Å². The molecule has 5 rings (SSSR count). The first kappa shape index (κ1) is 23.2. The number of ether oxygens (including phenoxy) is 2. The largest absolute Gasteiger partial charge is 0.493 e. The zero-order valence-corrected chi connectivity index (χ0v) is 21.0. The zero-order chi connectivity index (χ0) is 24.4. The minimum atomic E-state index is -0.0975. The maximum atomic E-state index is 13.0. The lowest BCUT2D eigenvalue weighted by Gasteiger charge is -2.31. The minimum Gasteiger partial charge on any atom is -0.493 e. The van der Waals surface area contributed by atoms with E-state index in [9.17, 15) is 4.79 Å². The summed E-state index contributed by atoms with van der Waals surface area (Å²) in [7, 11) is 3.22. The molecular formula is C26H29N5O3S. The van der Waals surface area contributed by atoms with E-state index in [-0.39, 0.29) is 11.8 Å². The normalized spacial score (nSPS) is 15.9. The summed E-state index contributed by atoms with van der Waals surface area (Å²) < 4.78 is 12.7. The number of amides is 1. The molecule has 1 aliphatic rings. The first-order chi connectivity index (χ1) is 17.1. The maximum absolute atomic E-state index is 13.0. The average Bonchev–Trinajstić information content (AvgIpc) is 3.47. The Bertz CT molecular complexity index is 1300. The van der Waals surface area contributed by atoms with Gasteiger partial charge in [0.2, 0.25) is 16.0 Å². The highest BCUT2D eigenvalue weighted by Crippen LogP contribution is 2.32. The third-order valence-electron chi connectivity index (χ3n) is 6.38. The molecule has 0 aliphatic carbocycles. The predicted molar refractivity (Wildman–Crippen MR) is 137 cm³/mol. The molecule has 1 N–H and O–H groups in total. The number of aryl methyl sites for hydroxylation is 1. The molecule has 0 unspecified atom stereocenters. The van der Waals surface area contributed by atoms with Crippen molar-refractivity contribution in [1.82, 2.24) is 19.9 Å². The van der Waals surface area contributed by atoms with Crippen LogP contribution in [0.1, 0.15) is 24.0 Å². The second-order valence-corrected chi connectivity index (χ2v) is 9.69. The Morgan fingerprint density at radius 2 is 2.00 bits per heavy atom. The summed E-state index contributed by atoms with van der Waals surface area (Å²) in [5, 5.41) is 8.75. The van der Waals surface area contributed by atoms with E-state index < -0.39 is 0 Å². The molecule has 2 aromatic carbocycles. The van der Waals surface area contributed by atoms with Crippen molar-refractivity contribution in [3.05, 3.63) is 59.8 Å². The number of piperidine rings is 1. The lowest BCUT2D eigenvalue weighted by Crippen LogP contribution is -2.43. The second kappa shape index (κ2) is 9.95. The van der Waals surface area contributed by atoms with Crippen LogP contribution in [0.4, 0.5) is 5.13 Å². The van der Waals surface area contributed by atoms with Gasteiger partial charge in [-0.05, 0) is 25.8 Å². The van der Waals surface area contributed by atoms with Gasteiger partial charge in [0.15, 0.2) is 11.5 Å². The first-order valence-electron chi connectivity index (χ1n) is 11.7. The van der Waals surface area contributed by atoms with Gasteiger partial charge in [-0.1, -0.05) is 53.3 Å². The molecule has 1 atom stereocenters. The van der Waals surface area contributed by atoms with Gasteiger partial charge in [-0.25, -0.2) is 9.50 Å². The van der Waals surface area contributed by atoms with Crippen LogP contribution in [0.3, 0.4) is 0 Å².